The van der Waals surface area contributed by atoms with Crippen molar-refractivity contribution in [3.8, 4) is 0 Å². The summed E-state index contributed by atoms with van der Waals surface area (Å²) in [6, 6.07) is 9.32. The van der Waals surface area contributed by atoms with E-state index in [9.17, 15) is 14.4 Å². The zero-order valence-corrected chi connectivity index (χ0v) is 15.0. The molecule has 1 atom stereocenters. The van der Waals surface area contributed by atoms with Crippen LogP contribution in [0.15, 0.2) is 30.3 Å². The smallest absolute Gasteiger partial charge is 0.246 e. The van der Waals surface area contributed by atoms with Gasteiger partial charge in [0, 0.05) is 32.1 Å². The summed E-state index contributed by atoms with van der Waals surface area (Å²) in [6.45, 7) is 2.16. The van der Waals surface area contributed by atoms with Crippen molar-refractivity contribution in [3.05, 3.63) is 35.9 Å². The van der Waals surface area contributed by atoms with E-state index in [1.807, 2.05) is 35.2 Å². The SMILES string of the molecule is O=C(C1CCC1)N1CCC2C(=O)N(Cc3ccccc3)CC(=O)N2CC1. The van der Waals surface area contributed by atoms with Crippen LogP contribution in [0.5, 0.6) is 0 Å². The van der Waals surface area contributed by atoms with Crippen LogP contribution in [-0.4, -0.2) is 64.6 Å². The number of carbonyl (C=O) groups is 3. The van der Waals surface area contributed by atoms with Gasteiger partial charge in [-0.1, -0.05) is 36.8 Å². The van der Waals surface area contributed by atoms with Gasteiger partial charge in [0.05, 0.1) is 0 Å². The van der Waals surface area contributed by atoms with Crippen LogP contribution in [0.3, 0.4) is 0 Å². The molecule has 26 heavy (non-hydrogen) atoms. The lowest BCUT2D eigenvalue weighted by atomic mass is 9.84. The second-order valence-corrected chi connectivity index (χ2v) is 7.52. The van der Waals surface area contributed by atoms with E-state index in [0.29, 0.717) is 32.6 Å². The van der Waals surface area contributed by atoms with E-state index < -0.39 is 6.04 Å². The van der Waals surface area contributed by atoms with Crippen molar-refractivity contribution in [2.24, 2.45) is 5.92 Å². The molecule has 1 aromatic carbocycles. The number of fused-ring (bicyclic) bond motifs is 1. The van der Waals surface area contributed by atoms with Crippen LogP contribution in [0, 0.1) is 5.92 Å². The highest BCUT2D eigenvalue weighted by molar-refractivity contribution is 5.95. The third-order valence-corrected chi connectivity index (χ3v) is 5.89. The molecule has 2 saturated heterocycles. The zero-order valence-electron chi connectivity index (χ0n) is 15.0. The fraction of sp³-hybridized carbons (Fsp3) is 0.550. The van der Waals surface area contributed by atoms with E-state index in [4.69, 9.17) is 0 Å². The second kappa shape index (κ2) is 7.09. The summed E-state index contributed by atoms with van der Waals surface area (Å²) >= 11 is 0. The maximum Gasteiger partial charge on any atom is 0.246 e. The Balaban J connectivity index is 1.45. The average Bonchev–Trinajstić information content (AvgIpc) is 2.82. The predicted molar refractivity (Wildman–Crippen MR) is 95.9 cm³/mol. The van der Waals surface area contributed by atoms with Crippen molar-refractivity contribution in [3.63, 3.8) is 0 Å². The predicted octanol–water partition coefficient (Wildman–Crippen LogP) is 1.26. The molecule has 0 radical (unpaired) electrons. The van der Waals surface area contributed by atoms with E-state index in [1.165, 1.54) is 0 Å². The zero-order chi connectivity index (χ0) is 18.1. The summed E-state index contributed by atoms with van der Waals surface area (Å²) < 4.78 is 0. The van der Waals surface area contributed by atoms with E-state index in [1.54, 1.807) is 9.80 Å². The Hall–Kier alpha value is -2.37. The Morgan fingerprint density at radius 1 is 1.00 bits per heavy atom. The lowest BCUT2D eigenvalue weighted by Gasteiger charge is -2.39. The van der Waals surface area contributed by atoms with Crippen molar-refractivity contribution in [2.75, 3.05) is 26.2 Å². The maximum absolute atomic E-state index is 13.0. The van der Waals surface area contributed by atoms with Crippen molar-refractivity contribution < 1.29 is 14.4 Å². The summed E-state index contributed by atoms with van der Waals surface area (Å²) in [5.74, 6) is 0.359. The van der Waals surface area contributed by atoms with Gasteiger partial charge in [-0.15, -0.1) is 0 Å². The molecule has 0 aromatic heterocycles. The van der Waals surface area contributed by atoms with E-state index in [2.05, 4.69) is 0 Å². The van der Waals surface area contributed by atoms with Gasteiger partial charge in [-0.2, -0.15) is 0 Å². The molecule has 138 valence electrons. The minimum Gasteiger partial charge on any atom is -0.341 e. The number of rotatable bonds is 3. The van der Waals surface area contributed by atoms with Gasteiger partial charge in [0.15, 0.2) is 0 Å². The minimum absolute atomic E-state index is 0.00592. The van der Waals surface area contributed by atoms with E-state index in [-0.39, 0.29) is 30.2 Å². The molecule has 3 amide bonds. The first-order valence-electron chi connectivity index (χ1n) is 9.54. The first-order chi connectivity index (χ1) is 12.6. The number of amides is 3. The first kappa shape index (κ1) is 17.1. The van der Waals surface area contributed by atoms with Gasteiger partial charge >= 0.3 is 0 Å². The molecule has 6 nitrogen and oxygen atoms in total. The molecular weight excluding hydrogens is 330 g/mol. The van der Waals surface area contributed by atoms with Crippen LogP contribution < -0.4 is 0 Å². The Morgan fingerprint density at radius 2 is 1.77 bits per heavy atom. The molecule has 0 N–H and O–H groups in total. The van der Waals surface area contributed by atoms with Crippen molar-refractivity contribution >= 4 is 17.7 Å². The Morgan fingerprint density at radius 3 is 2.46 bits per heavy atom. The van der Waals surface area contributed by atoms with Gasteiger partial charge < -0.3 is 14.7 Å². The molecule has 0 bridgehead atoms. The maximum atomic E-state index is 13.0. The van der Waals surface area contributed by atoms with Crippen LogP contribution in [0.1, 0.15) is 31.2 Å². The standard InChI is InChI=1S/C20H25N3O3/c24-18-14-22(13-15-5-2-1-3-6-15)20(26)17-9-10-21(11-12-23(17)18)19(25)16-7-4-8-16/h1-3,5-6,16-17H,4,7-14H2. The highest BCUT2D eigenvalue weighted by Gasteiger charge is 2.41. The fourth-order valence-corrected chi connectivity index (χ4v) is 4.10. The number of piperazine rings is 1. The molecule has 6 heteroatoms. The van der Waals surface area contributed by atoms with Crippen LogP contribution in [0.4, 0.5) is 0 Å². The molecule has 2 heterocycles. The van der Waals surface area contributed by atoms with Gasteiger partial charge in [0.25, 0.3) is 0 Å². The van der Waals surface area contributed by atoms with Crippen molar-refractivity contribution in [1.29, 1.82) is 0 Å². The van der Waals surface area contributed by atoms with Crippen molar-refractivity contribution in [2.45, 2.75) is 38.3 Å². The number of nitrogens with zero attached hydrogens (tertiary/aromatic N) is 3. The molecule has 1 saturated carbocycles. The third-order valence-electron chi connectivity index (χ3n) is 5.89. The number of hydrogen-bond acceptors (Lipinski definition) is 3. The molecule has 2 aliphatic heterocycles. The highest BCUT2D eigenvalue weighted by Crippen LogP contribution is 2.29. The summed E-state index contributed by atoms with van der Waals surface area (Å²) in [5.41, 5.74) is 1.03. The minimum atomic E-state index is -0.431. The Labute approximate surface area is 153 Å². The molecule has 1 aromatic rings. The van der Waals surface area contributed by atoms with Crippen molar-refractivity contribution in [1.82, 2.24) is 14.7 Å². The van der Waals surface area contributed by atoms with Crippen LogP contribution in [0.25, 0.3) is 0 Å². The molecule has 3 aliphatic rings. The topological polar surface area (TPSA) is 60.9 Å². The highest BCUT2D eigenvalue weighted by atomic mass is 16.2. The number of benzene rings is 1. The lowest BCUT2D eigenvalue weighted by Crippen LogP contribution is -2.59. The molecule has 1 unspecified atom stereocenters. The van der Waals surface area contributed by atoms with Gasteiger partial charge in [-0.3, -0.25) is 14.4 Å². The Kier molecular flexibility index (Phi) is 4.66. The molecule has 1 aliphatic carbocycles. The van der Waals surface area contributed by atoms with Gasteiger partial charge in [0.1, 0.15) is 12.6 Å². The van der Waals surface area contributed by atoms with E-state index in [0.717, 1.165) is 24.8 Å². The van der Waals surface area contributed by atoms with Crippen LogP contribution >= 0.6 is 0 Å². The second-order valence-electron chi connectivity index (χ2n) is 7.52. The monoisotopic (exact) mass is 355 g/mol. The van der Waals surface area contributed by atoms with E-state index >= 15 is 0 Å². The fourth-order valence-electron chi connectivity index (χ4n) is 4.10. The summed E-state index contributed by atoms with van der Waals surface area (Å²) in [6.07, 6.45) is 3.62. The lowest BCUT2D eigenvalue weighted by molar-refractivity contribution is -0.156. The van der Waals surface area contributed by atoms with Crippen LogP contribution in [0.2, 0.25) is 0 Å². The normalized spacial score (nSPS) is 24.2. The summed E-state index contributed by atoms with van der Waals surface area (Å²) in [7, 11) is 0. The molecular formula is C20H25N3O3. The number of carbonyl (C=O) groups excluding carboxylic acids is 3. The first-order valence-corrected chi connectivity index (χ1v) is 9.54. The summed E-state index contributed by atoms with van der Waals surface area (Å²) in [5, 5.41) is 0. The number of hydrogen-bond donors (Lipinski definition) is 0. The molecule has 0 spiro atoms. The van der Waals surface area contributed by atoms with Gasteiger partial charge in [-0.25, -0.2) is 0 Å². The third kappa shape index (κ3) is 3.20. The average molecular weight is 355 g/mol. The molecule has 4 rings (SSSR count). The molecule has 3 fully saturated rings. The van der Waals surface area contributed by atoms with Gasteiger partial charge in [0.2, 0.25) is 17.7 Å². The van der Waals surface area contributed by atoms with Crippen LogP contribution in [-0.2, 0) is 20.9 Å². The Bertz CT molecular complexity index is 702. The van der Waals surface area contributed by atoms with Gasteiger partial charge in [-0.05, 0) is 24.8 Å². The largest absolute Gasteiger partial charge is 0.341 e. The quantitative estimate of drug-likeness (QED) is 0.820. The summed E-state index contributed by atoms with van der Waals surface area (Å²) in [4.78, 5) is 43.3.